The maximum absolute atomic E-state index is 10.4. The highest BCUT2D eigenvalue weighted by atomic mass is 16.3. The van der Waals surface area contributed by atoms with E-state index in [2.05, 4.69) is 20.8 Å². The Morgan fingerprint density at radius 1 is 0.923 bits per heavy atom. The quantitative estimate of drug-likeness (QED) is 0.706. The van der Waals surface area contributed by atoms with Crippen molar-refractivity contribution < 1.29 is 5.11 Å². The Morgan fingerprint density at radius 2 is 1.65 bits per heavy atom. The molecule has 150 valence electrons. The summed E-state index contributed by atoms with van der Waals surface area (Å²) in [5.41, 5.74) is 6.93. The van der Waals surface area contributed by atoms with Crippen LogP contribution >= 0.6 is 0 Å². The minimum Gasteiger partial charge on any atom is -0.393 e. The second-order valence-electron chi connectivity index (χ2n) is 11.1. The molecule has 0 spiro atoms. The largest absolute Gasteiger partial charge is 0.393 e. The van der Waals surface area contributed by atoms with E-state index in [9.17, 15) is 5.11 Å². The summed E-state index contributed by atoms with van der Waals surface area (Å²) in [6.07, 6.45) is 14.6. The van der Waals surface area contributed by atoms with Gasteiger partial charge in [0.2, 0.25) is 0 Å². The van der Waals surface area contributed by atoms with Crippen LogP contribution in [0.15, 0.2) is 0 Å². The van der Waals surface area contributed by atoms with Gasteiger partial charge in [0.1, 0.15) is 0 Å². The van der Waals surface area contributed by atoms with Crippen LogP contribution in [0.3, 0.4) is 0 Å². The van der Waals surface area contributed by atoms with E-state index in [-0.39, 0.29) is 6.10 Å². The lowest BCUT2D eigenvalue weighted by Crippen LogP contribution is -2.56. The molecule has 9 atom stereocenters. The first-order chi connectivity index (χ1) is 12.4. The van der Waals surface area contributed by atoms with Crippen LogP contribution in [-0.2, 0) is 0 Å². The van der Waals surface area contributed by atoms with E-state index in [1.807, 2.05) is 0 Å². The molecule has 4 aliphatic carbocycles. The van der Waals surface area contributed by atoms with Crippen LogP contribution in [0.2, 0.25) is 0 Å². The normalized spacial score (nSPS) is 53.7. The summed E-state index contributed by atoms with van der Waals surface area (Å²) in [5, 5.41) is 10.4. The molecule has 0 aliphatic heterocycles. The van der Waals surface area contributed by atoms with Gasteiger partial charge in [0, 0.05) is 0 Å². The number of hydrogen-bond acceptors (Lipinski definition) is 2. The topological polar surface area (TPSA) is 46.2 Å². The monoisotopic (exact) mass is 361 g/mol. The van der Waals surface area contributed by atoms with Gasteiger partial charge in [-0.05, 0) is 117 Å². The highest BCUT2D eigenvalue weighted by Crippen LogP contribution is 2.69. The molecule has 0 radical (unpaired) electrons. The highest BCUT2D eigenvalue weighted by molar-refractivity contribution is 5.10. The second kappa shape index (κ2) is 7.07. The van der Waals surface area contributed by atoms with Crippen molar-refractivity contribution in [2.75, 3.05) is 6.54 Å². The molecule has 0 amide bonds. The fourth-order valence-electron chi connectivity index (χ4n) is 8.88. The van der Waals surface area contributed by atoms with Crippen molar-refractivity contribution in [2.24, 2.45) is 52.1 Å². The average Bonchev–Trinajstić information content (AvgIpc) is 2.96. The summed E-state index contributed by atoms with van der Waals surface area (Å²) in [6.45, 7) is 8.56. The minimum absolute atomic E-state index is 0.0281. The predicted octanol–water partition coefficient (Wildman–Crippen LogP) is 5.38. The smallest absolute Gasteiger partial charge is 0.0543 e. The van der Waals surface area contributed by atoms with Crippen molar-refractivity contribution in [2.45, 2.75) is 97.5 Å². The third-order valence-corrected chi connectivity index (χ3v) is 10.3. The summed E-state index contributed by atoms with van der Waals surface area (Å²) >= 11 is 0. The van der Waals surface area contributed by atoms with Gasteiger partial charge in [-0.3, -0.25) is 0 Å². The van der Waals surface area contributed by atoms with E-state index >= 15 is 0 Å². The Hall–Kier alpha value is -0.0800. The molecule has 0 aromatic carbocycles. The molecule has 0 saturated heterocycles. The number of nitrogens with two attached hydrogens (primary N) is 1. The Labute approximate surface area is 161 Å². The SMILES string of the molecule is CC[C@H]1CC2C3CC[C@H](CCCN)C3(C)CC[C@@H]2C2(C)CC[C@@H](O)CC12. The zero-order valence-electron chi connectivity index (χ0n) is 17.6. The molecule has 5 unspecified atom stereocenters. The van der Waals surface area contributed by atoms with E-state index in [4.69, 9.17) is 5.73 Å². The first-order valence-electron chi connectivity index (χ1n) is 11.8. The molecule has 4 rings (SSSR count). The summed E-state index contributed by atoms with van der Waals surface area (Å²) in [5.74, 6) is 5.39. The molecule has 0 aromatic heterocycles. The molecule has 3 N–H and O–H groups in total. The van der Waals surface area contributed by atoms with E-state index in [0.717, 1.165) is 54.9 Å². The Bertz CT molecular complexity index is 506. The van der Waals surface area contributed by atoms with Crippen LogP contribution in [-0.4, -0.2) is 17.8 Å². The zero-order chi connectivity index (χ0) is 18.5. The third-order valence-electron chi connectivity index (χ3n) is 10.3. The first-order valence-corrected chi connectivity index (χ1v) is 11.8. The van der Waals surface area contributed by atoms with Crippen LogP contribution < -0.4 is 5.73 Å². The third kappa shape index (κ3) is 2.81. The number of hydrogen-bond donors (Lipinski definition) is 2. The zero-order valence-corrected chi connectivity index (χ0v) is 17.6. The van der Waals surface area contributed by atoms with Gasteiger partial charge in [0.05, 0.1) is 6.10 Å². The van der Waals surface area contributed by atoms with Gasteiger partial charge in [-0.1, -0.05) is 27.2 Å². The molecule has 4 aliphatic rings. The van der Waals surface area contributed by atoms with Gasteiger partial charge in [-0.15, -0.1) is 0 Å². The Kier molecular flexibility index (Phi) is 5.23. The molecule has 0 aromatic rings. The van der Waals surface area contributed by atoms with Crippen molar-refractivity contribution in [1.82, 2.24) is 0 Å². The maximum atomic E-state index is 10.4. The van der Waals surface area contributed by atoms with Gasteiger partial charge in [0.25, 0.3) is 0 Å². The fourth-order valence-corrected chi connectivity index (χ4v) is 8.88. The summed E-state index contributed by atoms with van der Waals surface area (Å²) < 4.78 is 0. The van der Waals surface area contributed by atoms with Crippen molar-refractivity contribution in [1.29, 1.82) is 0 Å². The van der Waals surface area contributed by atoms with Crippen LogP contribution in [0.5, 0.6) is 0 Å². The van der Waals surface area contributed by atoms with Gasteiger partial charge in [-0.25, -0.2) is 0 Å². The predicted molar refractivity (Wildman–Crippen MR) is 109 cm³/mol. The van der Waals surface area contributed by atoms with Gasteiger partial charge >= 0.3 is 0 Å². The first kappa shape index (κ1) is 19.2. The van der Waals surface area contributed by atoms with Gasteiger partial charge < -0.3 is 10.8 Å². The molecular weight excluding hydrogens is 318 g/mol. The molecule has 0 heterocycles. The number of aliphatic hydroxyl groups excluding tert-OH is 1. The molecular formula is C24H43NO. The van der Waals surface area contributed by atoms with E-state index < -0.39 is 0 Å². The van der Waals surface area contributed by atoms with Crippen LogP contribution in [0, 0.1) is 46.3 Å². The highest BCUT2D eigenvalue weighted by Gasteiger charge is 2.61. The molecule has 4 fully saturated rings. The summed E-state index contributed by atoms with van der Waals surface area (Å²) in [4.78, 5) is 0. The Balaban J connectivity index is 1.60. The molecule has 26 heavy (non-hydrogen) atoms. The maximum Gasteiger partial charge on any atom is 0.0543 e. The average molecular weight is 362 g/mol. The lowest BCUT2D eigenvalue weighted by Gasteiger charge is -2.63. The van der Waals surface area contributed by atoms with Crippen molar-refractivity contribution >= 4 is 0 Å². The standard InChI is InChI=1S/C24H43NO/c1-4-16-14-19-20-8-7-17(6-5-13-25)23(20,2)12-10-21(19)24(3)11-9-18(26)15-22(16)24/h16-22,26H,4-15,25H2,1-3H3/t16-,17-,18+,19?,20?,21-,22?,23?,24?/m0/s1. The molecule has 2 heteroatoms. The number of aliphatic hydroxyl groups is 1. The van der Waals surface area contributed by atoms with Crippen LogP contribution in [0.1, 0.15) is 91.4 Å². The van der Waals surface area contributed by atoms with Crippen molar-refractivity contribution in [3.05, 3.63) is 0 Å². The lowest BCUT2D eigenvalue weighted by atomic mass is 9.42. The second-order valence-corrected chi connectivity index (χ2v) is 11.1. The number of rotatable bonds is 4. The number of fused-ring (bicyclic) bond motifs is 5. The molecule has 4 saturated carbocycles. The molecule has 2 nitrogen and oxygen atoms in total. The van der Waals surface area contributed by atoms with E-state index in [1.54, 1.807) is 0 Å². The van der Waals surface area contributed by atoms with Gasteiger partial charge in [-0.2, -0.15) is 0 Å². The molecule has 0 bridgehead atoms. The van der Waals surface area contributed by atoms with Crippen LogP contribution in [0.4, 0.5) is 0 Å². The summed E-state index contributed by atoms with van der Waals surface area (Å²) in [7, 11) is 0. The van der Waals surface area contributed by atoms with Gasteiger partial charge in [0.15, 0.2) is 0 Å². The van der Waals surface area contributed by atoms with E-state index in [0.29, 0.717) is 10.8 Å². The Morgan fingerprint density at radius 3 is 2.38 bits per heavy atom. The lowest BCUT2D eigenvalue weighted by molar-refractivity contribution is -0.150. The summed E-state index contributed by atoms with van der Waals surface area (Å²) in [6, 6.07) is 0. The fraction of sp³-hybridized carbons (Fsp3) is 1.00. The van der Waals surface area contributed by atoms with E-state index in [1.165, 1.54) is 57.8 Å². The van der Waals surface area contributed by atoms with Crippen molar-refractivity contribution in [3.63, 3.8) is 0 Å². The van der Waals surface area contributed by atoms with Crippen molar-refractivity contribution in [3.8, 4) is 0 Å². The van der Waals surface area contributed by atoms with Crippen LogP contribution in [0.25, 0.3) is 0 Å². The minimum atomic E-state index is -0.0281.